The van der Waals surface area contributed by atoms with Crippen molar-refractivity contribution in [3.8, 4) is 0 Å². The Labute approximate surface area is 66.6 Å². The Balaban J connectivity index is 3.83. The average Bonchev–Trinajstić information content (AvgIpc) is 2.00. The lowest BCUT2D eigenvalue weighted by Crippen LogP contribution is -2.13. The molecule has 0 rings (SSSR count). The minimum Gasteiger partial charge on any atom is -0.461 e. The van der Waals surface area contributed by atoms with Crippen molar-refractivity contribution in [3.63, 3.8) is 0 Å². The minimum absolute atomic E-state index is 0.0892. The van der Waals surface area contributed by atoms with Crippen LogP contribution in [0.1, 0.15) is 20.3 Å². The van der Waals surface area contributed by atoms with Crippen molar-refractivity contribution in [3.05, 3.63) is 12.2 Å². The highest BCUT2D eigenvalue weighted by Gasteiger charge is 2.04. The van der Waals surface area contributed by atoms with Crippen molar-refractivity contribution in [2.75, 3.05) is 6.61 Å². The van der Waals surface area contributed by atoms with Gasteiger partial charge in [-0.2, -0.15) is 0 Å². The van der Waals surface area contributed by atoms with E-state index in [2.05, 4.69) is 4.74 Å². The van der Waals surface area contributed by atoms with Crippen LogP contribution in [-0.4, -0.2) is 18.3 Å². The van der Waals surface area contributed by atoms with E-state index in [0.717, 1.165) is 6.42 Å². The molecule has 3 heteroatoms. The van der Waals surface area contributed by atoms with Crippen molar-refractivity contribution in [2.45, 2.75) is 20.3 Å². The van der Waals surface area contributed by atoms with Gasteiger partial charge in [-0.15, -0.1) is 0 Å². The van der Waals surface area contributed by atoms with Crippen molar-refractivity contribution in [1.29, 1.82) is 5.41 Å². The van der Waals surface area contributed by atoms with E-state index >= 15 is 0 Å². The Bertz CT molecular complexity index is 173. The molecule has 0 aromatic carbocycles. The van der Waals surface area contributed by atoms with Crippen LogP contribution in [0.15, 0.2) is 12.2 Å². The number of carbonyl (C=O) groups is 1. The molecule has 11 heavy (non-hydrogen) atoms. The van der Waals surface area contributed by atoms with E-state index in [9.17, 15) is 4.79 Å². The van der Waals surface area contributed by atoms with E-state index in [1.54, 1.807) is 13.0 Å². The molecule has 3 nitrogen and oxygen atoms in total. The molecule has 0 heterocycles. The Morgan fingerprint density at radius 2 is 2.18 bits per heavy atom. The Kier molecular flexibility index (Phi) is 5.07. The second-order valence-electron chi connectivity index (χ2n) is 1.94. The number of hydrogen-bond donors (Lipinski definition) is 1. The van der Waals surface area contributed by atoms with E-state index in [1.807, 2.05) is 6.92 Å². The number of rotatable bonds is 4. The lowest BCUT2D eigenvalue weighted by molar-refractivity contribution is -0.135. The lowest BCUT2D eigenvalue weighted by atomic mass is 10.3. The molecule has 0 aromatic heterocycles. The summed E-state index contributed by atoms with van der Waals surface area (Å²) >= 11 is 0. The number of hydrogen-bond acceptors (Lipinski definition) is 3. The number of nitrogens with one attached hydrogen (secondary N) is 1. The summed E-state index contributed by atoms with van der Waals surface area (Å²) in [5.74, 6) is -0.558. The minimum atomic E-state index is -0.558. The second kappa shape index (κ2) is 5.65. The van der Waals surface area contributed by atoms with Gasteiger partial charge in [0.2, 0.25) is 0 Å². The summed E-state index contributed by atoms with van der Waals surface area (Å²) in [4.78, 5) is 10.8. The summed E-state index contributed by atoms with van der Waals surface area (Å²) in [6.45, 7) is 3.98. The van der Waals surface area contributed by atoms with Crippen LogP contribution in [0.2, 0.25) is 0 Å². The predicted molar refractivity (Wildman–Crippen MR) is 43.8 cm³/mol. The highest BCUT2D eigenvalue weighted by Crippen LogP contribution is 1.86. The lowest BCUT2D eigenvalue weighted by Gasteiger charge is -1.97. The molecule has 0 aliphatic heterocycles. The van der Waals surface area contributed by atoms with Crippen molar-refractivity contribution < 1.29 is 9.53 Å². The normalized spacial score (nSPS) is 10.0. The molecule has 0 saturated heterocycles. The van der Waals surface area contributed by atoms with Gasteiger partial charge in [0.05, 0.1) is 6.61 Å². The van der Waals surface area contributed by atoms with Gasteiger partial charge in [-0.1, -0.05) is 13.0 Å². The van der Waals surface area contributed by atoms with Gasteiger partial charge in [0, 0.05) is 0 Å². The molecule has 62 valence electrons. The molecule has 0 radical (unpaired) electrons. The van der Waals surface area contributed by atoms with Gasteiger partial charge in [-0.05, 0) is 19.4 Å². The molecule has 0 amide bonds. The molecule has 0 aliphatic carbocycles. The third-order valence-corrected chi connectivity index (χ3v) is 1.02. The van der Waals surface area contributed by atoms with Gasteiger partial charge in [0.25, 0.3) is 0 Å². The largest absolute Gasteiger partial charge is 0.461 e. The molecule has 0 bridgehead atoms. The highest BCUT2D eigenvalue weighted by molar-refractivity contribution is 6.39. The van der Waals surface area contributed by atoms with Crippen LogP contribution < -0.4 is 0 Å². The molecule has 0 fully saturated rings. The fourth-order valence-electron chi connectivity index (χ4n) is 0.513. The summed E-state index contributed by atoms with van der Waals surface area (Å²) in [7, 11) is 0. The Morgan fingerprint density at radius 3 is 2.64 bits per heavy atom. The van der Waals surface area contributed by atoms with Gasteiger partial charge < -0.3 is 4.74 Å². The highest BCUT2D eigenvalue weighted by atomic mass is 16.5. The fraction of sp³-hybridized carbons (Fsp3) is 0.500. The smallest absolute Gasteiger partial charge is 0.356 e. The number of ether oxygens (including phenoxy) is 1. The van der Waals surface area contributed by atoms with Crippen molar-refractivity contribution in [1.82, 2.24) is 0 Å². The molecule has 0 aromatic rings. The van der Waals surface area contributed by atoms with E-state index in [-0.39, 0.29) is 5.71 Å². The molecule has 0 unspecified atom stereocenters. The first kappa shape index (κ1) is 9.88. The first-order valence-corrected chi connectivity index (χ1v) is 3.64. The third-order valence-electron chi connectivity index (χ3n) is 1.02. The Hall–Kier alpha value is -1.12. The van der Waals surface area contributed by atoms with E-state index in [1.165, 1.54) is 6.08 Å². The first-order chi connectivity index (χ1) is 5.22. The molecular weight excluding hydrogens is 142 g/mol. The van der Waals surface area contributed by atoms with Crippen LogP contribution in [-0.2, 0) is 9.53 Å². The zero-order chi connectivity index (χ0) is 8.69. The molecule has 0 aliphatic rings. The van der Waals surface area contributed by atoms with Crippen LogP contribution in [0.5, 0.6) is 0 Å². The fourth-order valence-corrected chi connectivity index (χ4v) is 0.513. The number of carbonyl (C=O) groups excluding carboxylic acids is 1. The SMILES string of the molecule is CC/C=C/C(=N)C(=O)OCC. The van der Waals surface area contributed by atoms with Gasteiger partial charge in [-0.25, -0.2) is 4.79 Å². The van der Waals surface area contributed by atoms with Crippen LogP contribution in [0, 0.1) is 5.41 Å². The van der Waals surface area contributed by atoms with Crippen LogP contribution in [0.25, 0.3) is 0 Å². The van der Waals surface area contributed by atoms with Gasteiger partial charge >= 0.3 is 5.97 Å². The maximum atomic E-state index is 10.8. The Morgan fingerprint density at radius 1 is 1.55 bits per heavy atom. The average molecular weight is 155 g/mol. The molecule has 0 atom stereocenters. The molecule has 0 spiro atoms. The maximum absolute atomic E-state index is 10.8. The van der Waals surface area contributed by atoms with E-state index < -0.39 is 5.97 Å². The van der Waals surface area contributed by atoms with Crippen molar-refractivity contribution >= 4 is 11.7 Å². The summed E-state index contributed by atoms with van der Waals surface area (Å²) in [5.41, 5.74) is -0.0892. The van der Waals surface area contributed by atoms with Crippen molar-refractivity contribution in [2.24, 2.45) is 0 Å². The number of allylic oxidation sites excluding steroid dienone is 1. The van der Waals surface area contributed by atoms with E-state index in [4.69, 9.17) is 5.41 Å². The zero-order valence-electron chi connectivity index (χ0n) is 6.89. The quantitative estimate of drug-likeness (QED) is 0.494. The van der Waals surface area contributed by atoms with Gasteiger partial charge in [-0.3, -0.25) is 5.41 Å². The summed E-state index contributed by atoms with van der Waals surface area (Å²) in [6.07, 6.45) is 4.03. The zero-order valence-corrected chi connectivity index (χ0v) is 6.89. The summed E-state index contributed by atoms with van der Waals surface area (Å²) in [6, 6.07) is 0. The molecule has 1 N–H and O–H groups in total. The maximum Gasteiger partial charge on any atom is 0.356 e. The molecular formula is C8H13NO2. The van der Waals surface area contributed by atoms with Crippen LogP contribution in [0.4, 0.5) is 0 Å². The van der Waals surface area contributed by atoms with Gasteiger partial charge in [0.15, 0.2) is 0 Å². The standard InChI is InChI=1S/C8H13NO2/c1-3-5-6-7(9)8(10)11-4-2/h5-6,9H,3-4H2,1-2H3/b6-5+,9-7?. The monoisotopic (exact) mass is 155 g/mol. The molecule has 0 saturated carbocycles. The topological polar surface area (TPSA) is 50.2 Å². The van der Waals surface area contributed by atoms with E-state index in [0.29, 0.717) is 6.61 Å². The third kappa shape index (κ3) is 4.31. The number of esters is 1. The summed E-state index contributed by atoms with van der Waals surface area (Å²) in [5, 5.41) is 7.14. The predicted octanol–water partition coefficient (Wildman–Crippen LogP) is 1.54. The van der Waals surface area contributed by atoms with Gasteiger partial charge in [0.1, 0.15) is 5.71 Å². The van der Waals surface area contributed by atoms with Crippen LogP contribution >= 0.6 is 0 Å². The summed E-state index contributed by atoms with van der Waals surface area (Å²) < 4.78 is 4.59. The second-order valence-corrected chi connectivity index (χ2v) is 1.94. The first-order valence-electron chi connectivity index (χ1n) is 3.64. The van der Waals surface area contributed by atoms with Crippen LogP contribution in [0.3, 0.4) is 0 Å².